The van der Waals surface area contributed by atoms with Crippen molar-refractivity contribution in [3.63, 3.8) is 0 Å². The van der Waals surface area contributed by atoms with E-state index in [1.807, 2.05) is 39.1 Å². The van der Waals surface area contributed by atoms with Crippen molar-refractivity contribution < 1.29 is 9.53 Å². The highest BCUT2D eigenvalue weighted by molar-refractivity contribution is 7.13. The zero-order valence-corrected chi connectivity index (χ0v) is 16.0. The molecular formula is C18H24N4O2S. The number of hydrogen-bond donors (Lipinski definition) is 0. The molecule has 1 saturated heterocycles. The number of amides is 1. The summed E-state index contributed by atoms with van der Waals surface area (Å²) in [5.74, 6) is 0.915. The van der Waals surface area contributed by atoms with Gasteiger partial charge in [-0.05, 0) is 46.6 Å². The topological polar surface area (TPSA) is 68.2 Å². The van der Waals surface area contributed by atoms with E-state index in [-0.39, 0.29) is 12.0 Å². The lowest BCUT2D eigenvalue weighted by atomic mass is 9.97. The normalized spacial score (nSPS) is 18.2. The molecular weight excluding hydrogens is 336 g/mol. The van der Waals surface area contributed by atoms with Gasteiger partial charge in [-0.3, -0.25) is 0 Å². The van der Waals surface area contributed by atoms with Gasteiger partial charge in [0.25, 0.3) is 0 Å². The van der Waals surface area contributed by atoms with Gasteiger partial charge in [-0.15, -0.1) is 11.3 Å². The van der Waals surface area contributed by atoms with E-state index in [0.29, 0.717) is 6.54 Å². The molecule has 3 rings (SSSR count). The molecule has 7 heteroatoms. The Kier molecular flexibility index (Phi) is 5.03. The van der Waals surface area contributed by atoms with Crippen LogP contribution in [0.15, 0.2) is 17.6 Å². The Morgan fingerprint density at radius 3 is 2.84 bits per heavy atom. The van der Waals surface area contributed by atoms with Crippen molar-refractivity contribution in [3.8, 4) is 10.7 Å². The summed E-state index contributed by atoms with van der Waals surface area (Å²) in [7, 11) is 0. The second-order valence-electron chi connectivity index (χ2n) is 7.36. The summed E-state index contributed by atoms with van der Waals surface area (Å²) in [4.78, 5) is 27.8. The van der Waals surface area contributed by atoms with Crippen LogP contribution in [-0.4, -0.2) is 44.6 Å². The molecule has 0 bridgehead atoms. The number of hydrogen-bond acceptors (Lipinski definition) is 6. The molecule has 2 aromatic rings. The molecule has 6 nitrogen and oxygen atoms in total. The zero-order valence-electron chi connectivity index (χ0n) is 15.2. The molecule has 0 aliphatic carbocycles. The first-order chi connectivity index (χ1) is 11.8. The maximum Gasteiger partial charge on any atom is 0.410 e. The summed E-state index contributed by atoms with van der Waals surface area (Å²) in [6.45, 7) is 8.94. The molecule has 134 valence electrons. The summed E-state index contributed by atoms with van der Waals surface area (Å²) >= 11 is 1.57. The number of piperidine rings is 1. The van der Waals surface area contributed by atoms with Crippen molar-refractivity contribution in [1.82, 2.24) is 19.9 Å². The van der Waals surface area contributed by atoms with Gasteiger partial charge < -0.3 is 9.64 Å². The molecule has 1 unspecified atom stereocenters. The van der Waals surface area contributed by atoms with E-state index < -0.39 is 5.60 Å². The van der Waals surface area contributed by atoms with Crippen LogP contribution in [0, 0.1) is 6.92 Å². The monoisotopic (exact) mass is 360 g/mol. The second-order valence-corrected chi connectivity index (χ2v) is 8.25. The number of nitrogens with zero attached hydrogens (tertiary/aromatic N) is 4. The van der Waals surface area contributed by atoms with Gasteiger partial charge in [0, 0.05) is 36.3 Å². The Balaban J connectivity index is 1.78. The molecule has 1 amide bonds. The van der Waals surface area contributed by atoms with Gasteiger partial charge >= 0.3 is 6.09 Å². The SMILES string of the molecule is Cc1cc(-c2nccs2)nc(C2CCCN(C(=O)OC(C)(C)C)C2)n1. The Morgan fingerprint density at radius 2 is 2.16 bits per heavy atom. The third-order valence-corrected chi connectivity index (χ3v) is 4.76. The first kappa shape index (κ1) is 17.8. The van der Waals surface area contributed by atoms with Gasteiger partial charge in [0.2, 0.25) is 0 Å². The Labute approximate surface area is 152 Å². The maximum atomic E-state index is 12.4. The van der Waals surface area contributed by atoms with Crippen LogP contribution in [0.1, 0.15) is 51.0 Å². The molecule has 2 aromatic heterocycles. The summed E-state index contributed by atoms with van der Waals surface area (Å²) in [6, 6.07) is 1.96. The van der Waals surface area contributed by atoms with Crippen molar-refractivity contribution >= 4 is 17.4 Å². The average molecular weight is 360 g/mol. The van der Waals surface area contributed by atoms with Crippen molar-refractivity contribution in [2.24, 2.45) is 0 Å². The van der Waals surface area contributed by atoms with Crippen LogP contribution in [-0.2, 0) is 4.74 Å². The lowest BCUT2D eigenvalue weighted by molar-refractivity contribution is 0.0196. The van der Waals surface area contributed by atoms with E-state index in [2.05, 4.69) is 9.97 Å². The summed E-state index contributed by atoms with van der Waals surface area (Å²) < 4.78 is 5.51. The third-order valence-electron chi connectivity index (χ3n) is 3.96. The average Bonchev–Trinajstić information content (AvgIpc) is 3.07. The Morgan fingerprint density at radius 1 is 1.36 bits per heavy atom. The standard InChI is InChI=1S/C18H24N4O2S/c1-12-10-14(16-19-7-9-25-16)21-15(20-12)13-6-5-8-22(11-13)17(23)24-18(2,3)4/h7,9-10,13H,5-6,8,11H2,1-4H3. The first-order valence-corrected chi connectivity index (χ1v) is 9.43. The van der Waals surface area contributed by atoms with E-state index in [0.717, 1.165) is 41.6 Å². The van der Waals surface area contributed by atoms with Crippen LogP contribution in [0.3, 0.4) is 0 Å². The number of ether oxygens (including phenoxy) is 1. The Hall–Kier alpha value is -2.02. The second kappa shape index (κ2) is 7.07. The predicted octanol–water partition coefficient (Wildman–Crippen LogP) is 4.02. The van der Waals surface area contributed by atoms with Crippen molar-refractivity contribution in [2.45, 2.75) is 52.1 Å². The molecule has 0 spiro atoms. The summed E-state index contributed by atoms with van der Waals surface area (Å²) in [5.41, 5.74) is 1.29. The van der Waals surface area contributed by atoms with Crippen molar-refractivity contribution in [1.29, 1.82) is 0 Å². The molecule has 1 aliphatic heterocycles. The van der Waals surface area contributed by atoms with Gasteiger partial charge in [0.05, 0.1) is 0 Å². The molecule has 0 N–H and O–H groups in total. The quantitative estimate of drug-likeness (QED) is 0.809. The molecule has 1 fully saturated rings. The fourth-order valence-electron chi connectivity index (χ4n) is 2.91. The lowest BCUT2D eigenvalue weighted by Crippen LogP contribution is -2.42. The van der Waals surface area contributed by atoms with Crippen LogP contribution in [0.25, 0.3) is 10.7 Å². The molecule has 3 heterocycles. The minimum absolute atomic E-state index is 0.125. The lowest BCUT2D eigenvalue weighted by Gasteiger charge is -2.33. The minimum atomic E-state index is -0.484. The number of thiazole rings is 1. The van der Waals surface area contributed by atoms with Gasteiger partial charge in [0.15, 0.2) is 0 Å². The predicted molar refractivity (Wildman–Crippen MR) is 97.7 cm³/mol. The van der Waals surface area contributed by atoms with Crippen LogP contribution >= 0.6 is 11.3 Å². The number of carbonyl (C=O) groups is 1. The van der Waals surface area contributed by atoms with Gasteiger partial charge in [0.1, 0.15) is 22.1 Å². The number of carbonyl (C=O) groups excluding carboxylic acids is 1. The van der Waals surface area contributed by atoms with Crippen LogP contribution in [0.2, 0.25) is 0 Å². The fourth-order valence-corrected chi connectivity index (χ4v) is 3.51. The number of rotatable bonds is 2. The molecule has 0 saturated carbocycles. The van der Waals surface area contributed by atoms with E-state index in [9.17, 15) is 4.79 Å². The van der Waals surface area contributed by atoms with Crippen LogP contribution in [0.4, 0.5) is 4.79 Å². The number of likely N-dealkylation sites (tertiary alicyclic amines) is 1. The largest absolute Gasteiger partial charge is 0.444 e. The summed E-state index contributed by atoms with van der Waals surface area (Å²) in [5, 5.41) is 2.84. The van der Waals surface area contributed by atoms with Gasteiger partial charge in [-0.2, -0.15) is 0 Å². The van der Waals surface area contributed by atoms with Crippen LogP contribution in [0.5, 0.6) is 0 Å². The molecule has 0 aromatic carbocycles. The molecule has 1 atom stereocenters. The van der Waals surface area contributed by atoms with E-state index in [1.54, 1.807) is 22.4 Å². The highest BCUT2D eigenvalue weighted by Crippen LogP contribution is 2.28. The Bertz CT molecular complexity index is 740. The van der Waals surface area contributed by atoms with E-state index >= 15 is 0 Å². The van der Waals surface area contributed by atoms with Crippen molar-refractivity contribution in [2.75, 3.05) is 13.1 Å². The van der Waals surface area contributed by atoms with Crippen LogP contribution < -0.4 is 0 Å². The number of aromatic nitrogens is 3. The third kappa shape index (κ3) is 4.54. The smallest absolute Gasteiger partial charge is 0.410 e. The highest BCUT2D eigenvalue weighted by Gasteiger charge is 2.30. The first-order valence-electron chi connectivity index (χ1n) is 8.55. The maximum absolute atomic E-state index is 12.4. The molecule has 0 radical (unpaired) electrons. The van der Waals surface area contributed by atoms with E-state index in [1.165, 1.54) is 0 Å². The molecule has 1 aliphatic rings. The van der Waals surface area contributed by atoms with E-state index in [4.69, 9.17) is 9.72 Å². The number of aryl methyl sites for hydroxylation is 1. The van der Waals surface area contributed by atoms with Crippen molar-refractivity contribution in [3.05, 3.63) is 29.2 Å². The van der Waals surface area contributed by atoms with Gasteiger partial charge in [-0.25, -0.2) is 19.7 Å². The minimum Gasteiger partial charge on any atom is -0.444 e. The molecule has 25 heavy (non-hydrogen) atoms. The fraction of sp³-hybridized carbons (Fsp3) is 0.556. The summed E-state index contributed by atoms with van der Waals surface area (Å²) in [6.07, 6.45) is 3.42. The zero-order chi connectivity index (χ0) is 18.0. The highest BCUT2D eigenvalue weighted by atomic mass is 32.1. The van der Waals surface area contributed by atoms with Gasteiger partial charge in [-0.1, -0.05) is 0 Å².